The van der Waals surface area contributed by atoms with Gasteiger partial charge < -0.3 is 25.2 Å². The fourth-order valence-corrected chi connectivity index (χ4v) is 6.58. The maximum absolute atomic E-state index is 13.9. The molecule has 0 saturated heterocycles. The highest BCUT2D eigenvalue weighted by atomic mass is 16.5. The molecule has 6 rings (SSSR count). The van der Waals surface area contributed by atoms with Gasteiger partial charge in [0.05, 0.1) is 37.0 Å². The Labute approximate surface area is 215 Å². The minimum absolute atomic E-state index is 0.0349. The van der Waals surface area contributed by atoms with Gasteiger partial charge in [-0.1, -0.05) is 11.6 Å². The van der Waals surface area contributed by atoms with Crippen LogP contribution in [0.1, 0.15) is 47.6 Å². The second-order valence-electron chi connectivity index (χ2n) is 10.0. The van der Waals surface area contributed by atoms with Gasteiger partial charge in [-0.15, -0.1) is 0 Å². The molecule has 5 aromatic rings. The Kier molecular flexibility index (Phi) is 4.99. The fourth-order valence-electron chi connectivity index (χ4n) is 6.58. The first-order valence-electron chi connectivity index (χ1n) is 12.1. The molecule has 0 bridgehead atoms. The number of ketones is 1. The molecule has 1 atom stereocenters. The molecule has 1 unspecified atom stereocenters. The molecule has 0 aromatic heterocycles. The topological polar surface area (TPSA) is 141 Å². The van der Waals surface area contributed by atoms with E-state index < -0.39 is 30.0 Å². The Hall–Kier alpha value is -4.27. The number of aliphatic hydroxyl groups is 2. The zero-order chi connectivity index (χ0) is 27.4. The van der Waals surface area contributed by atoms with E-state index in [2.05, 4.69) is 0 Å². The normalized spacial score (nSPS) is 15.2. The van der Waals surface area contributed by atoms with Crippen molar-refractivity contribution in [2.24, 2.45) is 0 Å². The number of allylic oxidation sites excluding steroid dienone is 1. The zero-order valence-corrected chi connectivity index (χ0v) is 21.1. The minimum Gasteiger partial charge on any atom is -0.507 e. The standard InChI is InChI=1S/C30H24O8/c1-10-5-15-11(2)28(36)22-16(34)6-13(8-31)19-20-14(9-32)7-17(35)23-25(20)26(21(15)24(19)22)27(18(10)12(3)33)30(38-4)29(23)37/h5-7,18,31-32,35-36H,8-9H2,1-4H3. The molecule has 0 saturated carbocycles. The molecule has 38 heavy (non-hydrogen) atoms. The van der Waals surface area contributed by atoms with E-state index in [1.54, 1.807) is 19.9 Å². The average molecular weight is 513 g/mol. The van der Waals surface area contributed by atoms with E-state index in [-0.39, 0.29) is 44.9 Å². The minimum atomic E-state index is -0.886. The van der Waals surface area contributed by atoms with E-state index in [9.17, 15) is 34.8 Å². The quantitative estimate of drug-likeness (QED) is 0.211. The lowest BCUT2D eigenvalue weighted by Crippen LogP contribution is -2.18. The van der Waals surface area contributed by atoms with E-state index in [0.717, 1.165) is 0 Å². The van der Waals surface area contributed by atoms with Crippen molar-refractivity contribution in [1.82, 2.24) is 0 Å². The molecule has 1 aliphatic rings. The van der Waals surface area contributed by atoms with Gasteiger partial charge in [0.1, 0.15) is 17.3 Å². The summed E-state index contributed by atoms with van der Waals surface area (Å²) in [7, 11) is 1.32. The van der Waals surface area contributed by atoms with Crippen LogP contribution in [0, 0.1) is 6.92 Å². The number of aromatic hydroxyl groups is 2. The number of Topliss-reactive ketones (excluding diaryl/α,β-unsaturated/α-hetero) is 1. The molecule has 1 aliphatic carbocycles. The summed E-state index contributed by atoms with van der Waals surface area (Å²) in [6, 6.07) is 2.53. The summed E-state index contributed by atoms with van der Waals surface area (Å²) >= 11 is 0. The van der Waals surface area contributed by atoms with Crippen LogP contribution in [0.15, 0.2) is 27.3 Å². The van der Waals surface area contributed by atoms with Crippen molar-refractivity contribution < 1.29 is 30.0 Å². The highest BCUT2D eigenvalue weighted by Gasteiger charge is 2.36. The number of benzene rings is 5. The summed E-state index contributed by atoms with van der Waals surface area (Å²) in [5.74, 6) is -1.83. The van der Waals surface area contributed by atoms with Gasteiger partial charge in [0.25, 0.3) is 0 Å². The van der Waals surface area contributed by atoms with Gasteiger partial charge in [-0.2, -0.15) is 0 Å². The monoisotopic (exact) mass is 512 g/mol. The molecular weight excluding hydrogens is 488 g/mol. The van der Waals surface area contributed by atoms with Crippen LogP contribution in [0.4, 0.5) is 0 Å². The first-order valence-corrected chi connectivity index (χ1v) is 12.1. The average Bonchev–Trinajstić information content (AvgIpc) is 3.01. The predicted octanol–water partition coefficient (Wildman–Crippen LogP) is 3.70. The summed E-state index contributed by atoms with van der Waals surface area (Å²) in [4.78, 5) is 40.4. The number of methoxy groups -OCH3 is 1. The van der Waals surface area contributed by atoms with Gasteiger partial charge in [0.15, 0.2) is 11.2 Å². The van der Waals surface area contributed by atoms with Crippen LogP contribution in [0.25, 0.3) is 49.2 Å². The summed E-state index contributed by atoms with van der Waals surface area (Å²) in [5, 5.41) is 45.3. The lowest BCUT2D eigenvalue weighted by Gasteiger charge is -2.24. The molecule has 8 nitrogen and oxygen atoms in total. The van der Waals surface area contributed by atoms with Crippen LogP contribution in [0.2, 0.25) is 0 Å². The Balaban J connectivity index is 2.21. The van der Waals surface area contributed by atoms with Gasteiger partial charge in [-0.25, -0.2) is 0 Å². The van der Waals surface area contributed by atoms with Crippen LogP contribution in [-0.2, 0) is 18.0 Å². The van der Waals surface area contributed by atoms with E-state index in [1.807, 2.05) is 0 Å². The molecule has 0 aliphatic heterocycles. The van der Waals surface area contributed by atoms with E-state index in [4.69, 9.17) is 4.74 Å². The van der Waals surface area contributed by atoms with Gasteiger partial charge in [-0.3, -0.25) is 14.4 Å². The van der Waals surface area contributed by atoms with Crippen molar-refractivity contribution in [1.29, 1.82) is 0 Å². The number of rotatable bonds is 4. The number of aliphatic hydroxyl groups excluding tert-OH is 2. The molecule has 0 heterocycles. The Morgan fingerprint density at radius 3 is 2.05 bits per heavy atom. The number of phenols is 2. The number of carbonyl (C=O) groups is 1. The SMILES string of the molecule is COc1c2c3c4c(c(C)c(O)c5c(=O)cc(CO)c(c6c(CO)cc(O)c(c1=O)c63)c54)C=C(C)C2C(C)=O. The molecule has 0 spiro atoms. The first-order chi connectivity index (χ1) is 18.1. The van der Waals surface area contributed by atoms with Crippen molar-refractivity contribution in [2.45, 2.75) is 39.9 Å². The van der Waals surface area contributed by atoms with Gasteiger partial charge in [0.2, 0.25) is 5.43 Å². The second kappa shape index (κ2) is 7.86. The molecule has 0 amide bonds. The third kappa shape index (κ3) is 2.68. The number of hydrogen-bond donors (Lipinski definition) is 4. The Morgan fingerprint density at radius 1 is 0.868 bits per heavy atom. The van der Waals surface area contributed by atoms with Crippen molar-refractivity contribution >= 4 is 54.9 Å². The van der Waals surface area contributed by atoms with Gasteiger partial charge >= 0.3 is 0 Å². The van der Waals surface area contributed by atoms with Crippen LogP contribution in [0.5, 0.6) is 17.2 Å². The van der Waals surface area contributed by atoms with Crippen molar-refractivity contribution in [3.05, 3.63) is 66.0 Å². The van der Waals surface area contributed by atoms with E-state index in [0.29, 0.717) is 54.6 Å². The van der Waals surface area contributed by atoms with Gasteiger partial charge in [-0.05, 0) is 76.7 Å². The van der Waals surface area contributed by atoms with Crippen molar-refractivity contribution in [2.75, 3.05) is 7.11 Å². The van der Waals surface area contributed by atoms with Crippen molar-refractivity contribution in [3.8, 4) is 17.2 Å². The smallest absolute Gasteiger partial charge is 0.232 e. The molecule has 192 valence electrons. The molecular formula is C30H24O8. The number of hydrogen-bond acceptors (Lipinski definition) is 8. The highest BCUT2D eigenvalue weighted by molar-refractivity contribution is 6.38. The lowest BCUT2D eigenvalue weighted by atomic mass is 9.79. The maximum Gasteiger partial charge on any atom is 0.232 e. The lowest BCUT2D eigenvalue weighted by molar-refractivity contribution is -0.117. The Morgan fingerprint density at radius 2 is 1.47 bits per heavy atom. The number of phenolic OH excluding ortho intramolecular Hbond substituents is 2. The third-order valence-corrected chi connectivity index (χ3v) is 8.04. The number of carbonyl (C=O) groups excluding carboxylic acids is 1. The van der Waals surface area contributed by atoms with E-state index in [1.165, 1.54) is 26.2 Å². The molecule has 5 aromatic carbocycles. The third-order valence-electron chi connectivity index (χ3n) is 8.04. The van der Waals surface area contributed by atoms with Crippen LogP contribution < -0.4 is 15.6 Å². The van der Waals surface area contributed by atoms with E-state index >= 15 is 0 Å². The van der Waals surface area contributed by atoms with Crippen LogP contribution >= 0.6 is 0 Å². The molecule has 4 N–H and O–H groups in total. The van der Waals surface area contributed by atoms with Gasteiger partial charge in [0, 0.05) is 16.3 Å². The fraction of sp³-hybridized carbons (Fsp3) is 0.233. The molecule has 0 radical (unpaired) electrons. The van der Waals surface area contributed by atoms with Crippen LogP contribution in [0.3, 0.4) is 0 Å². The van der Waals surface area contributed by atoms with Crippen molar-refractivity contribution in [3.63, 3.8) is 0 Å². The summed E-state index contributed by atoms with van der Waals surface area (Å²) < 4.78 is 5.61. The van der Waals surface area contributed by atoms with Crippen LogP contribution in [-0.4, -0.2) is 33.3 Å². The largest absolute Gasteiger partial charge is 0.507 e. The zero-order valence-electron chi connectivity index (χ0n) is 21.1. The second-order valence-corrected chi connectivity index (χ2v) is 10.0. The Bertz CT molecular complexity index is 2040. The number of fused-ring (bicyclic) bond motifs is 1. The summed E-state index contributed by atoms with van der Waals surface area (Å²) in [5.41, 5.74) is 1.26. The maximum atomic E-state index is 13.9. The predicted molar refractivity (Wildman–Crippen MR) is 145 cm³/mol. The highest BCUT2D eigenvalue weighted by Crippen LogP contribution is 2.53. The molecule has 8 heteroatoms. The summed E-state index contributed by atoms with van der Waals surface area (Å²) in [6.45, 7) is 3.80. The number of ether oxygens (including phenoxy) is 1. The first kappa shape index (κ1) is 24.1. The summed E-state index contributed by atoms with van der Waals surface area (Å²) in [6.07, 6.45) is 1.77. The molecule has 0 fully saturated rings.